The van der Waals surface area contributed by atoms with Crippen molar-refractivity contribution in [2.24, 2.45) is 11.8 Å². The Labute approximate surface area is 182 Å². The maximum Gasteiger partial charge on any atom is 0.315 e. The number of nitrogens with zero attached hydrogens (tertiary/aromatic N) is 1. The van der Waals surface area contributed by atoms with Crippen molar-refractivity contribution in [3.05, 3.63) is 35.9 Å². The number of nitrogens with one attached hydrogen (secondary N) is 3. The lowest BCUT2D eigenvalue weighted by Gasteiger charge is -2.31. The van der Waals surface area contributed by atoms with Crippen molar-refractivity contribution in [3.63, 3.8) is 0 Å². The first-order chi connectivity index (χ1) is 14.9. The van der Waals surface area contributed by atoms with Crippen LogP contribution in [-0.2, 0) is 20.9 Å². The van der Waals surface area contributed by atoms with Gasteiger partial charge in [0.05, 0.1) is 5.92 Å². The summed E-state index contributed by atoms with van der Waals surface area (Å²) in [6.45, 7) is 3.54. The molecule has 1 aromatic rings. The van der Waals surface area contributed by atoms with Gasteiger partial charge in [0.2, 0.25) is 11.8 Å². The number of aliphatic carboxylic acids is 1. The normalized spacial score (nSPS) is 15.1. The van der Waals surface area contributed by atoms with Crippen molar-refractivity contribution in [2.45, 2.75) is 39.2 Å². The molecule has 1 saturated heterocycles. The molecule has 31 heavy (non-hydrogen) atoms. The molecule has 0 radical (unpaired) electrons. The molecule has 1 fully saturated rings. The third-order valence-electron chi connectivity index (χ3n) is 5.37. The van der Waals surface area contributed by atoms with Crippen LogP contribution in [0, 0.1) is 11.8 Å². The van der Waals surface area contributed by atoms with Gasteiger partial charge in [0, 0.05) is 45.1 Å². The summed E-state index contributed by atoms with van der Waals surface area (Å²) in [4.78, 5) is 48.9. The number of amides is 4. The van der Waals surface area contributed by atoms with Gasteiger partial charge in [-0.3, -0.25) is 14.4 Å². The fraction of sp³-hybridized carbons (Fsp3) is 0.545. The minimum absolute atomic E-state index is 0.0184. The molecule has 4 N–H and O–H groups in total. The van der Waals surface area contributed by atoms with Gasteiger partial charge in [-0.15, -0.1) is 0 Å². The molecule has 1 aromatic carbocycles. The van der Waals surface area contributed by atoms with E-state index in [4.69, 9.17) is 5.11 Å². The van der Waals surface area contributed by atoms with Crippen molar-refractivity contribution in [1.82, 2.24) is 20.9 Å². The van der Waals surface area contributed by atoms with E-state index in [1.165, 1.54) is 0 Å². The number of carboxylic acids is 1. The van der Waals surface area contributed by atoms with Gasteiger partial charge in [0.25, 0.3) is 0 Å². The first-order valence-corrected chi connectivity index (χ1v) is 10.7. The summed E-state index contributed by atoms with van der Waals surface area (Å²) in [6, 6.07) is 9.34. The molecule has 2 rings (SSSR count). The third kappa shape index (κ3) is 8.65. The van der Waals surface area contributed by atoms with Crippen molar-refractivity contribution >= 4 is 23.8 Å². The van der Waals surface area contributed by atoms with Gasteiger partial charge in [-0.25, -0.2) is 4.79 Å². The fourth-order valence-corrected chi connectivity index (χ4v) is 3.32. The van der Waals surface area contributed by atoms with Crippen molar-refractivity contribution in [2.75, 3.05) is 26.2 Å². The Kier molecular flexibility index (Phi) is 9.80. The van der Waals surface area contributed by atoms with Gasteiger partial charge in [-0.2, -0.15) is 0 Å². The van der Waals surface area contributed by atoms with Gasteiger partial charge < -0.3 is 26.0 Å². The van der Waals surface area contributed by atoms with Crippen LogP contribution in [0.4, 0.5) is 4.79 Å². The van der Waals surface area contributed by atoms with Crippen LogP contribution >= 0.6 is 0 Å². The van der Waals surface area contributed by atoms with Crippen molar-refractivity contribution < 1.29 is 24.3 Å². The number of benzene rings is 1. The topological polar surface area (TPSA) is 128 Å². The minimum Gasteiger partial charge on any atom is -0.481 e. The van der Waals surface area contributed by atoms with Gasteiger partial charge in [-0.05, 0) is 24.8 Å². The average Bonchev–Trinajstić information content (AvgIpc) is 2.79. The molecule has 1 atom stereocenters. The number of likely N-dealkylation sites (tertiary alicyclic amines) is 1. The number of hydrogen-bond donors (Lipinski definition) is 4. The molecule has 0 bridgehead atoms. The summed E-state index contributed by atoms with van der Waals surface area (Å²) in [6.07, 6.45) is 2.02. The molecule has 9 heteroatoms. The van der Waals surface area contributed by atoms with Gasteiger partial charge >= 0.3 is 12.0 Å². The quantitative estimate of drug-likeness (QED) is 0.415. The maximum atomic E-state index is 12.4. The molecular formula is C22H32N4O5. The van der Waals surface area contributed by atoms with E-state index < -0.39 is 11.9 Å². The molecule has 9 nitrogen and oxygen atoms in total. The average molecular weight is 433 g/mol. The summed E-state index contributed by atoms with van der Waals surface area (Å²) < 4.78 is 0. The molecule has 0 spiro atoms. The van der Waals surface area contributed by atoms with E-state index >= 15 is 0 Å². The van der Waals surface area contributed by atoms with E-state index in [0.29, 0.717) is 51.9 Å². The molecule has 4 amide bonds. The smallest absolute Gasteiger partial charge is 0.315 e. The second-order valence-corrected chi connectivity index (χ2v) is 7.84. The minimum atomic E-state index is -0.941. The molecule has 0 aliphatic carbocycles. The van der Waals surface area contributed by atoms with Crippen LogP contribution in [0.5, 0.6) is 0 Å². The van der Waals surface area contributed by atoms with E-state index in [0.717, 1.165) is 5.56 Å². The van der Waals surface area contributed by atoms with E-state index in [9.17, 15) is 19.2 Å². The molecule has 1 aliphatic rings. The van der Waals surface area contributed by atoms with Crippen molar-refractivity contribution in [1.29, 1.82) is 0 Å². The number of carboxylic acid groups (broad SMARTS) is 1. The molecule has 1 heterocycles. The van der Waals surface area contributed by atoms with E-state index in [2.05, 4.69) is 16.0 Å². The highest BCUT2D eigenvalue weighted by Gasteiger charge is 2.27. The highest BCUT2D eigenvalue weighted by atomic mass is 16.4. The van der Waals surface area contributed by atoms with Crippen LogP contribution in [0.15, 0.2) is 30.3 Å². The summed E-state index contributed by atoms with van der Waals surface area (Å²) in [7, 11) is 0. The van der Waals surface area contributed by atoms with E-state index in [1.807, 2.05) is 30.3 Å². The SMILES string of the molecule is C[C@@H](CNC(=O)C1CCN(C(=O)CCCNC(=O)NCc2ccccc2)CC1)C(=O)O. The Bertz CT molecular complexity index is 748. The summed E-state index contributed by atoms with van der Waals surface area (Å²) in [5.74, 6) is -1.89. The van der Waals surface area contributed by atoms with E-state index in [-0.39, 0.29) is 30.3 Å². The molecule has 0 aromatic heterocycles. The van der Waals surface area contributed by atoms with Gasteiger partial charge in [0.1, 0.15) is 0 Å². The van der Waals surface area contributed by atoms with Crippen LogP contribution in [-0.4, -0.2) is 60.0 Å². The summed E-state index contributed by atoms with van der Waals surface area (Å²) in [5, 5.41) is 17.1. The lowest BCUT2D eigenvalue weighted by molar-refractivity contribution is -0.141. The summed E-state index contributed by atoms with van der Waals surface area (Å²) in [5.41, 5.74) is 1.02. The molecule has 0 unspecified atom stereocenters. The second-order valence-electron chi connectivity index (χ2n) is 7.84. The number of carbonyl (C=O) groups is 4. The Morgan fingerprint density at radius 1 is 1.06 bits per heavy atom. The summed E-state index contributed by atoms with van der Waals surface area (Å²) >= 11 is 0. The molecule has 170 valence electrons. The Hall–Kier alpha value is -3.10. The second kappa shape index (κ2) is 12.6. The number of hydrogen-bond acceptors (Lipinski definition) is 4. The van der Waals surface area contributed by atoms with Crippen LogP contribution in [0.1, 0.15) is 38.2 Å². The number of urea groups is 1. The monoisotopic (exact) mass is 432 g/mol. The van der Waals surface area contributed by atoms with Crippen LogP contribution in [0.2, 0.25) is 0 Å². The zero-order valence-corrected chi connectivity index (χ0v) is 17.9. The highest BCUT2D eigenvalue weighted by Crippen LogP contribution is 2.18. The Balaban J connectivity index is 1.56. The molecule has 1 aliphatic heterocycles. The highest BCUT2D eigenvalue weighted by molar-refractivity contribution is 5.81. The predicted molar refractivity (Wildman–Crippen MR) is 115 cm³/mol. The molecule has 0 saturated carbocycles. The number of carbonyl (C=O) groups excluding carboxylic acids is 3. The fourth-order valence-electron chi connectivity index (χ4n) is 3.32. The van der Waals surface area contributed by atoms with E-state index in [1.54, 1.807) is 11.8 Å². The number of piperidine rings is 1. The number of rotatable bonds is 10. The van der Waals surface area contributed by atoms with Crippen LogP contribution in [0.25, 0.3) is 0 Å². The predicted octanol–water partition coefficient (Wildman–Crippen LogP) is 1.34. The zero-order valence-electron chi connectivity index (χ0n) is 17.9. The van der Waals surface area contributed by atoms with Crippen LogP contribution in [0.3, 0.4) is 0 Å². The third-order valence-corrected chi connectivity index (χ3v) is 5.37. The lowest BCUT2D eigenvalue weighted by Crippen LogP contribution is -2.44. The molecular weight excluding hydrogens is 400 g/mol. The lowest BCUT2D eigenvalue weighted by atomic mass is 9.95. The zero-order chi connectivity index (χ0) is 22.6. The first-order valence-electron chi connectivity index (χ1n) is 10.7. The van der Waals surface area contributed by atoms with Gasteiger partial charge in [-0.1, -0.05) is 37.3 Å². The largest absolute Gasteiger partial charge is 0.481 e. The Morgan fingerprint density at radius 3 is 2.39 bits per heavy atom. The van der Waals surface area contributed by atoms with Crippen LogP contribution < -0.4 is 16.0 Å². The Morgan fingerprint density at radius 2 is 1.74 bits per heavy atom. The first kappa shape index (κ1) is 24.2. The van der Waals surface area contributed by atoms with Crippen molar-refractivity contribution in [3.8, 4) is 0 Å². The maximum absolute atomic E-state index is 12.4. The standard InChI is InChI=1S/C22H32N4O5/c1-16(21(29)30)14-24-20(28)18-9-12-26(13-10-18)19(27)8-5-11-23-22(31)25-15-17-6-3-2-4-7-17/h2-4,6-7,16,18H,5,8-15H2,1H3,(H,24,28)(H,29,30)(H2,23,25,31)/t16-/m0/s1. The van der Waals surface area contributed by atoms with Gasteiger partial charge in [0.15, 0.2) is 0 Å².